The molecular weight excluding hydrogens is 432 g/mol. The maximum Gasteiger partial charge on any atom is 0.349 e. The van der Waals surface area contributed by atoms with Crippen LogP contribution in [0.15, 0.2) is 24.3 Å². The van der Waals surface area contributed by atoms with Crippen molar-refractivity contribution in [2.45, 2.75) is 102 Å². The summed E-state index contributed by atoms with van der Waals surface area (Å²) in [6.07, 6.45) is 10.1. The van der Waals surface area contributed by atoms with Gasteiger partial charge in [0.2, 0.25) is 11.6 Å². The Morgan fingerprint density at radius 1 is 0.971 bits per heavy atom. The van der Waals surface area contributed by atoms with Gasteiger partial charge in [-0.05, 0) is 101 Å². The average molecular weight is 471 g/mol. The number of benzene rings is 1. The normalized spacial score (nSPS) is 40.7. The number of hydrogen-bond acceptors (Lipinski definition) is 6. The number of ether oxygens (including phenoxy) is 3. The first-order chi connectivity index (χ1) is 16.3. The van der Waals surface area contributed by atoms with Crippen LogP contribution >= 0.6 is 0 Å². The molecule has 5 aliphatic carbocycles. The van der Waals surface area contributed by atoms with Crippen LogP contribution in [0.25, 0.3) is 0 Å². The number of rotatable bonds is 5. The van der Waals surface area contributed by atoms with Gasteiger partial charge in [-0.3, -0.25) is 0 Å². The second-order valence-corrected chi connectivity index (χ2v) is 11.9. The highest BCUT2D eigenvalue weighted by Gasteiger charge is 2.66. The van der Waals surface area contributed by atoms with Crippen molar-refractivity contribution in [2.24, 2.45) is 23.7 Å². The minimum atomic E-state index is -1.01. The Labute approximate surface area is 202 Å². The molecule has 0 atom stereocenters. The molecule has 0 N–H and O–H groups in total. The Kier molecular flexibility index (Phi) is 5.51. The van der Waals surface area contributed by atoms with Crippen LogP contribution in [0.1, 0.15) is 90.0 Å². The third kappa shape index (κ3) is 3.77. The first kappa shape index (κ1) is 22.8. The Balaban J connectivity index is 1.07. The van der Waals surface area contributed by atoms with Gasteiger partial charge in [0.05, 0.1) is 6.61 Å². The van der Waals surface area contributed by atoms with E-state index in [9.17, 15) is 4.79 Å². The van der Waals surface area contributed by atoms with Gasteiger partial charge in [-0.2, -0.15) is 9.78 Å². The predicted octanol–water partition coefficient (Wildman–Crippen LogP) is 5.89. The van der Waals surface area contributed by atoms with Gasteiger partial charge in [0.25, 0.3) is 0 Å². The van der Waals surface area contributed by atoms with E-state index in [-0.39, 0.29) is 5.97 Å². The molecule has 0 unspecified atom stereocenters. The number of carbonyl (C=O) groups is 1. The zero-order valence-corrected chi connectivity index (χ0v) is 20.7. The number of esters is 1. The quantitative estimate of drug-likeness (QED) is 0.395. The Hall–Kier alpha value is -1.63. The van der Waals surface area contributed by atoms with E-state index < -0.39 is 17.2 Å². The molecule has 5 saturated carbocycles. The second kappa shape index (κ2) is 8.21. The van der Waals surface area contributed by atoms with E-state index in [1.54, 1.807) is 20.8 Å². The summed E-state index contributed by atoms with van der Waals surface area (Å²) in [5.41, 5.74) is 0.277. The van der Waals surface area contributed by atoms with Crippen LogP contribution < -0.4 is 4.74 Å². The van der Waals surface area contributed by atoms with Crippen molar-refractivity contribution in [3.8, 4) is 5.75 Å². The van der Waals surface area contributed by atoms with Gasteiger partial charge < -0.3 is 14.2 Å². The molecule has 1 heterocycles. The molecule has 0 aromatic heterocycles. The molecule has 0 radical (unpaired) electrons. The molecule has 6 heteroatoms. The molecule has 1 aromatic carbocycles. The molecule has 1 aliphatic heterocycles. The zero-order chi connectivity index (χ0) is 23.6. The lowest BCUT2D eigenvalue weighted by molar-refractivity contribution is -0.390. The van der Waals surface area contributed by atoms with E-state index in [0.717, 1.165) is 37.5 Å². The van der Waals surface area contributed by atoms with Gasteiger partial charge in [0.15, 0.2) is 5.60 Å². The van der Waals surface area contributed by atoms with E-state index in [0.29, 0.717) is 30.1 Å². The molecule has 6 nitrogen and oxygen atoms in total. The van der Waals surface area contributed by atoms with Crippen molar-refractivity contribution >= 4 is 5.97 Å². The van der Waals surface area contributed by atoms with E-state index in [4.69, 9.17) is 24.0 Å². The van der Waals surface area contributed by atoms with Crippen molar-refractivity contribution in [1.29, 1.82) is 0 Å². The fourth-order valence-corrected chi connectivity index (χ4v) is 7.64. The van der Waals surface area contributed by atoms with Crippen LogP contribution in [0.4, 0.5) is 0 Å². The smallest absolute Gasteiger partial charge is 0.349 e. The van der Waals surface area contributed by atoms with Gasteiger partial charge in [-0.15, -0.1) is 0 Å². The van der Waals surface area contributed by atoms with Crippen molar-refractivity contribution < 1.29 is 28.8 Å². The SMILES string of the molecule is CCOC(=O)C(C)(C)Oc1ccc([C@H]2CC[C@]3(CC2)OO[C@]2(O3)C3CC4CC(C3)CC2C4)cc1. The molecule has 186 valence electrons. The highest BCUT2D eigenvalue weighted by molar-refractivity contribution is 5.79. The summed E-state index contributed by atoms with van der Waals surface area (Å²) < 4.78 is 17.9. The molecule has 6 aliphatic rings. The second-order valence-electron chi connectivity index (χ2n) is 11.9. The summed E-state index contributed by atoms with van der Waals surface area (Å²) in [7, 11) is 0. The molecule has 7 rings (SSSR count). The van der Waals surface area contributed by atoms with E-state index in [1.165, 1.54) is 37.7 Å². The molecule has 1 saturated heterocycles. The molecule has 34 heavy (non-hydrogen) atoms. The molecule has 1 aromatic rings. The minimum Gasteiger partial charge on any atom is -0.476 e. The van der Waals surface area contributed by atoms with Crippen molar-refractivity contribution in [1.82, 2.24) is 0 Å². The van der Waals surface area contributed by atoms with Gasteiger partial charge in [-0.25, -0.2) is 4.79 Å². The van der Waals surface area contributed by atoms with E-state index in [2.05, 4.69) is 12.1 Å². The van der Waals surface area contributed by atoms with Crippen molar-refractivity contribution in [2.75, 3.05) is 6.61 Å². The summed E-state index contributed by atoms with van der Waals surface area (Å²) in [5, 5.41) is 0. The Bertz CT molecular complexity index is 885. The molecular formula is C28H38O6. The maximum absolute atomic E-state index is 12.1. The van der Waals surface area contributed by atoms with E-state index in [1.807, 2.05) is 12.1 Å². The standard InChI is InChI=1S/C28H38O6/c1-4-30-25(29)26(2,3)31-24-7-5-20(6-8-24)21-9-11-27(12-10-21)32-28(34-33-27)22-14-18-13-19(16-22)17-23(28)15-18/h5-8,18-19,21-23H,4,9-17H2,1-3H3/t18?,19?,21-,22?,23?,27+,28-. The van der Waals surface area contributed by atoms with Crippen LogP contribution in [-0.2, 0) is 24.0 Å². The fourth-order valence-electron chi connectivity index (χ4n) is 7.64. The maximum atomic E-state index is 12.1. The summed E-state index contributed by atoms with van der Waals surface area (Å²) in [5.74, 6) is 2.49. The largest absolute Gasteiger partial charge is 0.476 e. The summed E-state index contributed by atoms with van der Waals surface area (Å²) in [4.78, 5) is 24.4. The third-order valence-corrected chi connectivity index (χ3v) is 9.18. The first-order valence-electron chi connectivity index (χ1n) is 13.3. The number of carbonyl (C=O) groups excluding carboxylic acids is 1. The minimum absolute atomic E-state index is 0.343. The highest BCUT2D eigenvalue weighted by atomic mass is 17.3. The number of hydrogen-bond donors (Lipinski definition) is 0. The topological polar surface area (TPSA) is 63.2 Å². The monoisotopic (exact) mass is 470 g/mol. The summed E-state index contributed by atoms with van der Waals surface area (Å²) in [6.45, 7) is 5.61. The van der Waals surface area contributed by atoms with E-state index >= 15 is 0 Å². The highest BCUT2D eigenvalue weighted by Crippen LogP contribution is 2.64. The average Bonchev–Trinajstić information content (AvgIpc) is 3.18. The predicted molar refractivity (Wildman–Crippen MR) is 125 cm³/mol. The van der Waals surface area contributed by atoms with Gasteiger partial charge >= 0.3 is 5.97 Å². The molecule has 0 amide bonds. The van der Waals surface area contributed by atoms with Crippen LogP contribution in [0, 0.1) is 23.7 Å². The van der Waals surface area contributed by atoms with Gasteiger partial charge in [-0.1, -0.05) is 12.1 Å². The van der Waals surface area contributed by atoms with Crippen LogP contribution in [0.2, 0.25) is 0 Å². The van der Waals surface area contributed by atoms with Crippen LogP contribution in [-0.4, -0.2) is 29.8 Å². The Morgan fingerprint density at radius 3 is 2.18 bits per heavy atom. The lowest BCUT2D eigenvalue weighted by Crippen LogP contribution is -2.59. The Morgan fingerprint density at radius 2 is 1.59 bits per heavy atom. The van der Waals surface area contributed by atoms with Crippen molar-refractivity contribution in [3.05, 3.63) is 29.8 Å². The van der Waals surface area contributed by atoms with Crippen molar-refractivity contribution in [3.63, 3.8) is 0 Å². The third-order valence-electron chi connectivity index (χ3n) is 9.18. The fraction of sp³-hybridized carbons (Fsp3) is 0.750. The molecule has 2 spiro atoms. The first-order valence-corrected chi connectivity index (χ1v) is 13.3. The summed E-state index contributed by atoms with van der Waals surface area (Å²) >= 11 is 0. The van der Waals surface area contributed by atoms with Gasteiger partial charge in [0.1, 0.15) is 5.75 Å². The zero-order valence-electron chi connectivity index (χ0n) is 20.7. The van der Waals surface area contributed by atoms with Crippen LogP contribution in [0.5, 0.6) is 5.75 Å². The van der Waals surface area contributed by atoms with Crippen LogP contribution in [0.3, 0.4) is 0 Å². The lowest BCUT2D eigenvalue weighted by atomic mass is 9.53. The lowest BCUT2D eigenvalue weighted by Gasteiger charge is -2.57. The summed E-state index contributed by atoms with van der Waals surface area (Å²) in [6, 6.07) is 8.14. The van der Waals surface area contributed by atoms with Gasteiger partial charge in [0, 0.05) is 24.7 Å². The molecule has 6 fully saturated rings. The molecule has 4 bridgehead atoms.